The highest BCUT2D eigenvalue weighted by atomic mass is 16.5. The standard InChI is InChI=1S/4C23H17N3O3/c1-2-28-23-25-21(16-9-3-5-12-18(16)27)24-22(26-23)17-11-7-10-15-14-8-4-6-13-19(14)29-20(15)17;1-2-28-23-25-21(14-8-3-5-11-17(14)27)24-22(26-23)16-10-7-13-19-20(16)15-9-4-6-12-18(15)29-19;1-2-28-23-25-21(24-22(26-23)17-8-3-5-9-18(17)27)14-11-12-16-15-7-4-6-10-19(15)29-20(16)13-14;1-2-28-23-25-21(24-22(26-23)16-8-3-5-9-18(16)27)14-11-12-20-17(13-14)15-7-4-6-10-19(15)29-20/h4*3-13,27H,2H2,1H3. The number of fused-ring (bicyclic) bond motifs is 12. The second kappa shape index (κ2) is 32.3. The van der Waals surface area contributed by atoms with Crippen molar-refractivity contribution >= 4 is 87.8 Å². The van der Waals surface area contributed by atoms with Crippen LogP contribution in [-0.4, -0.2) is 107 Å². The number of phenols is 4. The maximum Gasteiger partial charge on any atom is 0.320 e. The highest BCUT2D eigenvalue weighted by molar-refractivity contribution is 6.12. The van der Waals surface area contributed by atoms with Gasteiger partial charge < -0.3 is 57.0 Å². The van der Waals surface area contributed by atoms with E-state index in [0.717, 1.165) is 104 Å². The molecule has 24 nitrogen and oxygen atoms in total. The predicted molar refractivity (Wildman–Crippen MR) is 443 cm³/mol. The fourth-order valence-electron chi connectivity index (χ4n) is 13.4. The fraction of sp³-hybridized carbons (Fsp3) is 0.0870. The zero-order valence-electron chi connectivity index (χ0n) is 62.7. The van der Waals surface area contributed by atoms with Crippen LogP contribution in [0.15, 0.2) is 285 Å². The number of phenolic OH excluding ortho intramolecular Hbond substituents is 4. The normalized spacial score (nSPS) is 11.2. The number of nitrogens with zero attached hydrogens (tertiary/aromatic N) is 12. The third-order valence-corrected chi connectivity index (χ3v) is 18.7. The van der Waals surface area contributed by atoms with Gasteiger partial charge in [-0.25, -0.2) is 19.9 Å². The molecule has 0 unspecified atom stereocenters. The Morgan fingerprint density at radius 3 is 0.991 bits per heavy atom. The minimum atomic E-state index is 0.0917. The number of para-hydroxylation sites is 9. The molecule has 0 fully saturated rings. The van der Waals surface area contributed by atoms with Gasteiger partial charge in [-0.2, -0.15) is 39.9 Å². The first kappa shape index (κ1) is 73.1. The number of ether oxygens (including phenoxy) is 4. The maximum atomic E-state index is 10.3. The van der Waals surface area contributed by atoms with E-state index in [1.807, 2.05) is 222 Å². The summed E-state index contributed by atoms with van der Waals surface area (Å²) in [5.41, 5.74) is 11.5. The summed E-state index contributed by atoms with van der Waals surface area (Å²) in [6.07, 6.45) is 0. The maximum absolute atomic E-state index is 10.3. The monoisotopic (exact) mass is 1530 g/mol. The minimum absolute atomic E-state index is 0.0917. The molecule has 12 aromatic carbocycles. The quantitative estimate of drug-likeness (QED) is 0.0698. The van der Waals surface area contributed by atoms with Crippen LogP contribution < -0.4 is 18.9 Å². The predicted octanol–water partition coefficient (Wildman–Crippen LogP) is 20.8. The zero-order chi connectivity index (χ0) is 79.2. The minimum Gasteiger partial charge on any atom is -0.507 e. The molecule has 116 heavy (non-hydrogen) atoms. The van der Waals surface area contributed by atoms with Gasteiger partial charge in [-0.1, -0.05) is 152 Å². The van der Waals surface area contributed by atoms with Gasteiger partial charge in [0.2, 0.25) is 0 Å². The molecule has 0 spiro atoms. The van der Waals surface area contributed by atoms with Gasteiger partial charge in [0, 0.05) is 59.8 Å². The van der Waals surface area contributed by atoms with Crippen LogP contribution in [0, 0.1) is 0 Å². The summed E-state index contributed by atoms with van der Waals surface area (Å²) in [6.45, 7) is 9.15. The van der Waals surface area contributed by atoms with Crippen molar-refractivity contribution in [1.82, 2.24) is 59.8 Å². The second-order valence-electron chi connectivity index (χ2n) is 26.0. The molecule has 8 heterocycles. The Bertz CT molecular complexity index is 7020. The Morgan fingerprint density at radius 1 is 0.224 bits per heavy atom. The van der Waals surface area contributed by atoms with Crippen molar-refractivity contribution in [3.8, 4) is 138 Å². The van der Waals surface area contributed by atoms with Crippen molar-refractivity contribution in [2.75, 3.05) is 26.4 Å². The highest BCUT2D eigenvalue weighted by Crippen LogP contribution is 2.41. The van der Waals surface area contributed by atoms with Crippen molar-refractivity contribution < 1.29 is 57.0 Å². The molecule has 20 rings (SSSR count). The number of furan rings is 4. The second-order valence-corrected chi connectivity index (χ2v) is 26.0. The molecule has 0 saturated carbocycles. The van der Waals surface area contributed by atoms with Crippen LogP contribution >= 0.6 is 0 Å². The zero-order valence-corrected chi connectivity index (χ0v) is 62.7. The molecule has 8 aromatic heterocycles. The molecule has 0 aliphatic carbocycles. The lowest BCUT2D eigenvalue weighted by atomic mass is 10.1. The van der Waals surface area contributed by atoms with E-state index < -0.39 is 0 Å². The van der Waals surface area contributed by atoms with Crippen LogP contribution in [0.25, 0.3) is 179 Å². The van der Waals surface area contributed by atoms with Gasteiger partial charge in [0.25, 0.3) is 0 Å². The molecule has 0 radical (unpaired) electrons. The molecule has 0 bridgehead atoms. The summed E-state index contributed by atoms with van der Waals surface area (Å²) in [5, 5.41) is 49.0. The van der Waals surface area contributed by atoms with Crippen LogP contribution in [0.3, 0.4) is 0 Å². The number of benzene rings is 12. The third kappa shape index (κ3) is 14.8. The molecule has 0 saturated heterocycles. The molecule has 0 aliphatic rings. The first-order chi connectivity index (χ1) is 56.9. The van der Waals surface area contributed by atoms with Gasteiger partial charge in [0.05, 0.1) is 54.2 Å². The summed E-state index contributed by atoms with van der Waals surface area (Å²) < 4.78 is 46.2. The van der Waals surface area contributed by atoms with E-state index in [1.54, 1.807) is 72.8 Å². The molecule has 0 amide bonds. The molecular weight excluding hydrogens is 1470 g/mol. The van der Waals surface area contributed by atoms with E-state index in [4.69, 9.17) is 36.6 Å². The molecule has 4 N–H and O–H groups in total. The van der Waals surface area contributed by atoms with E-state index in [-0.39, 0.29) is 47.0 Å². The first-order valence-corrected chi connectivity index (χ1v) is 37.3. The van der Waals surface area contributed by atoms with Crippen LogP contribution in [-0.2, 0) is 0 Å². The first-order valence-electron chi connectivity index (χ1n) is 37.3. The lowest BCUT2D eigenvalue weighted by Gasteiger charge is -2.09. The van der Waals surface area contributed by atoms with Crippen molar-refractivity contribution in [1.29, 1.82) is 0 Å². The van der Waals surface area contributed by atoms with Gasteiger partial charge in [0.15, 0.2) is 46.6 Å². The SMILES string of the molecule is CCOc1nc(-c2ccc3c(c2)oc2ccccc23)nc(-c2ccccc2O)n1.CCOc1nc(-c2ccc3oc4ccccc4c3c2)nc(-c2ccccc2O)n1.CCOc1nc(-c2ccccc2O)nc(-c2cccc3c2oc2ccccc23)n1.CCOc1nc(-c2ccccc2O)nc(-c2cccc3oc4ccccc4c23)n1. The summed E-state index contributed by atoms with van der Waals surface area (Å²) in [5.74, 6) is 3.57. The molecule has 20 aromatic rings. The van der Waals surface area contributed by atoms with Crippen molar-refractivity contribution in [2.45, 2.75) is 27.7 Å². The van der Waals surface area contributed by atoms with Gasteiger partial charge in [-0.3, -0.25) is 0 Å². The van der Waals surface area contributed by atoms with Crippen molar-refractivity contribution in [3.63, 3.8) is 0 Å². The lowest BCUT2D eigenvalue weighted by molar-refractivity contribution is 0.312. The molecule has 24 heteroatoms. The molecule has 0 atom stereocenters. The van der Waals surface area contributed by atoms with E-state index in [2.05, 4.69) is 59.8 Å². The van der Waals surface area contributed by atoms with E-state index in [9.17, 15) is 20.4 Å². The summed E-state index contributed by atoms with van der Waals surface area (Å²) in [6, 6.07) is 83.4. The topological polar surface area (TPSA) is 325 Å². The van der Waals surface area contributed by atoms with Gasteiger partial charge in [-0.15, -0.1) is 0 Å². The van der Waals surface area contributed by atoms with Crippen LogP contribution in [0.2, 0.25) is 0 Å². The molecular formula is C92H68N12O12. The summed E-state index contributed by atoms with van der Waals surface area (Å²) in [4.78, 5) is 53.8. The number of hydrogen-bond donors (Lipinski definition) is 4. The fourth-order valence-corrected chi connectivity index (χ4v) is 13.4. The van der Waals surface area contributed by atoms with Gasteiger partial charge in [0.1, 0.15) is 67.7 Å². The summed E-state index contributed by atoms with van der Waals surface area (Å²) in [7, 11) is 0. The van der Waals surface area contributed by atoms with Gasteiger partial charge in [-0.05, 0) is 143 Å². The van der Waals surface area contributed by atoms with Crippen LogP contribution in [0.1, 0.15) is 27.7 Å². The van der Waals surface area contributed by atoms with E-state index in [0.29, 0.717) is 101 Å². The third-order valence-electron chi connectivity index (χ3n) is 18.7. The van der Waals surface area contributed by atoms with Crippen molar-refractivity contribution in [2.24, 2.45) is 0 Å². The molecule has 0 aliphatic heterocycles. The lowest BCUT2D eigenvalue weighted by Crippen LogP contribution is -2.03. The molecule has 568 valence electrons. The van der Waals surface area contributed by atoms with Crippen LogP contribution in [0.5, 0.6) is 47.0 Å². The van der Waals surface area contributed by atoms with Crippen LogP contribution in [0.4, 0.5) is 0 Å². The average molecular weight is 1530 g/mol. The highest BCUT2D eigenvalue weighted by Gasteiger charge is 2.23. The number of hydrogen-bond acceptors (Lipinski definition) is 24. The Hall–Kier alpha value is -15.7. The van der Waals surface area contributed by atoms with Crippen molar-refractivity contribution in [3.05, 3.63) is 267 Å². The van der Waals surface area contributed by atoms with Gasteiger partial charge >= 0.3 is 24.0 Å². The Morgan fingerprint density at radius 2 is 0.517 bits per heavy atom. The largest absolute Gasteiger partial charge is 0.507 e. The Labute approximate surface area is 660 Å². The average Bonchev–Trinajstić information content (AvgIpc) is 1.58. The van der Waals surface area contributed by atoms with E-state index in [1.165, 1.54) is 0 Å². The summed E-state index contributed by atoms with van der Waals surface area (Å²) >= 11 is 0. The van der Waals surface area contributed by atoms with E-state index >= 15 is 0 Å². The Kier molecular flexibility index (Phi) is 20.4. The number of rotatable bonds is 16. The smallest absolute Gasteiger partial charge is 0.320 e. The Balaban J connectivity index is 0.000000111. The number of aromatic nitrogens is 12. The number of aromatic hydroxyl groups is 4.